The molecule has 5 rings (SSSR count). The van der Waals surface area contributed by atoms with Gasteiger partial charge in [0.2, 0.25) is 6.79 Å². The van der Waals surface area contributed by atoms with Gasteiger partial charge in [-0.15, -0.1) is 24.0 Å². The van der Waals surface area contributed by atoms with E-state index in [1.54, 1.807) is 0 Å². The van der Waals surface area contributed by atoms with E-state index in [1.807, 2.05) is 6.07 Å². The topological polar surface area (TPSA) is 55.3 Å². The largest absolute Gasteiger partial charge is 0.454 e. The van der Waals surface area contributed by atoms with E-state index in [0.717, 1.165) is 63.1 Å². The third-order valence-electron chi connectivity index (χ3n) is 7.45. The summed E-state index contributed by atoms with van der Waals surface area (Å²) in [6.45, 7) is 8.02. The Labute approximate surface area is 196 Å². The number of hydrogen-bond acceptors (Lipinski definition) is 4. The molecule has 1 aromatic rings. The minimum atomic E-state index is -0.00617. The summed E-state index contributed by atoms with van der Waals surface area (Å²) in [6, 6.07) is 6.40. The van der Waals surface area contributed by atoms with Crippen molar-refractivity contribution in [2.24, 2.45) is 10.4 Å². The number of ether oxygens (including phenoxy) is 3. The first-order valence-electron chi connectivity index (χ1n) is 11.2. The maximum absolute atomic E-state index is 5.71. The maximum atomic E-state index is 5.71. The van der Waals surface area contributed by atoms with Gasteiger partial charge in [-0.1, -0.05) is 12.5 Å². The quantitative estimate of drug-likeness (QED) is 0.366. The van der Waals surface area contributed by atoms with Crippen molar-refractivity contribution in [1.82, 2.24) is 10.2 Å². The number of aliphatic imine (C=N–C) groups is 1. The fourth-order valence-electron chi connectivity index (χ4n) is 5.38. The zero-order chi connectivity index (χ0) is 19.7. The van der Waals surface area contributed by atoms with E-state index in [0.29, 0.717) is 12.2 Å². The molecular weight excluding hydrogens is 493 g/mol. The van der Waals surface area contributed by atoms with Crippen LogP contribution in [0.2, 0.25) is 0 Å². The highest BCUT2D eigenvalue weighted by molar-refractivity contribution is 14.0. The second-order valence-corrected chi connectivity index (χ2v) is 9.16. The highest BCUT2D eigenvalue weighted by Gasteiger charge is 2.44. The number of rotatable bonds is 4. The molecule has 0 unspecified atom stereocenters. The van der Waals surface area contributed by atoms with E-state index < -0.39 is 0 Å². The van der Waals surface area contributed by atoms with E-state index in [2.05, 4.69) is 29.3 Å². The van der Waals surface area contributed by atoms with Crippen molar-refractivity contribution in [3.63, 3.8) is 0 Å². The number of halogens is 1. The van der Waals surface area contributed by atoms with Crippen LogP contribution in [-0.4, -0.2) is 57.0 Å². The lowest BCUT2D eigenvalue weighted by atomic mass is 9.68. The summed E-state index contributed by atoms with van der Waals surface area (Å²) in [5.41, 5.74) is 1.86. The van der Waals surface area contributed by atoms with Crippen LogP contribution in [0.5, 0.6) is 11.5 Å². The highest BCUT2D eigenvalue weighted by Crippen LogP contribution is 2.48. The van der Waals surface area contributed by atoms with Gasteiger partial charge in [0.15, 0.2) is 17.5 Å². The molecule has 0 atom stereocenters. The lowest BCUT2D eigenvalue weighted by Gasteiger charge is -2.39. The van der Waals surface area contributed by atoms with Gasteiger partial charge < -0.3 is 24.4 Å². The Hall–Kier alpha value is -1.22. The van der Waals surface area contributed by atoms with Crippen LogP contribution in [0.4, 0.5) is 0 Å². The number of hydrogen-bond donors (Lipinski definition) is 1. The van der Waals surface area contributed by atoms with E-state index in [-0.39, 0.29) is 29.4 Å². The zero-order valence-corrected chi connectivity index (χ0v) is 20.3. The van der Waals surface area contributed by atoms with Crippen molar-refractivity contribution in [1.29, 1.82) is 0 Å². The zero-order valence-electron chi connectivity index (χ0n) is 18.0. The van der Waals surface area contributed by atoms with Crippen LogP contribution in [0.25, 0.3) is 0 Å². The first kappa shape index (κ1) is 22.0. The molecule has 3 fully saturated rings. The SMILES string of the molecule is CCNC(=NCC1(c2ccc3c(c2)OCO3)CCOCC1)N1CCC2(CCC2)C1.I. The molecule has 1 spiro atoms. The smallest absolute Gasteiger partial charge is 0.231 e. The molecule has 3 aliphatic heterocycles. The van der Waals surface area contributed by atoms with Crippen LogP contribution in [0.15, 0.2) is 23.2 Å². The van der Waals surface area contributed by atoms with Crippen LogP contribution in [-0.2, 0) is 10.2 Å². The first-order chi connectivity index (χ1) is 14.2. The molecule has 4 aliphatic rings. The fraction of sp³-hybridized carbons (Fsp3) is 0.696. The van der Waals surface area contributed by atoms with Crippen LogP contribution in [0.1, 0.15) is 51.0 Å². The van der Waals surface area contributed by atoms with Gasteiger partial charge >= 0.3 is 0 Å². The Kier molecular flexibility index (Phi) is 6.67. The molecule has 1 aromatic carbocycles. The number of guanidine groups is 1. The van der Waals surface area contributed by atoms with Crippen LogP contribution >= 0.6 is 24.0 Å². The summed E-state index contributed by atoms with van der Waals surface area (Å²) in [4.78, 5) is 7.68. The van der Waals surface area contributed by atoms with Gasteiger partial charge in [0.1, 0.15) is 0 Å². The first-order valence-corrected chi connectivity index (χ1v) is 11.2. The van der Waals surface area contributed by atoms with Gasteiger partial charge in [-0.05, 0) is 62.1 Å². The summed E-state index contributed by atoms with van der Waals surface area (Å²) in [5, 5.41) is 3.56. The molecule has 0 radical (unpaired) electrons. The van der Waals surface area contributed by atoms with E-state index in [9.17, 15) is 0 Å². The summed E-state index contributed by atoms with van der Waals surface area (Å²) in [7, 11) is 0. The predicted molar refractivity (Wildman–Crippen MR) is 128 cm³/mol. The van der Waals surface area contributed by atoms with Crippen molar-refractivity contribution in [2.45, 2.75) is 50.9 Å². The molecule has 1 aliphatic carbocycles. The number of benzene rings is 1. The predicted octanol–water partition coefficient (Wildman–Crippen LogP) is 3.92. The second-order valence-electron chi connectivity index (χ2n) is 9.16. The van der Waals surface area contributed by atoms with E-state index >= 15 is 0 Å². The summed E-state index contributed by atoms with van der Waals surface area (Å²) in [5.74, 6) is 2.79. The van der Waals surface area contributed by atoms with Crippen molar-refractivity contribution in [3.8, 4) is 11.5 Å². The van der Waals surface area contributed by atoms with Gasteiger partial charge in [0.25, 0.3) is 0 Å². The summed E-state index contributed by atoms with van der Waals surface area (Å²) < 4.78 is 16.9. The van der Waals surface area contributed by atoms with Crippen molar-refractivity contribution in [3.05, 3.63) is 23.8 Å². The molecule has 0 aromatic heterocycles. The second kappa shape index (κ2) is 9.10. The van der Waals surface area contributed by atoms with Gasteiger partial charge in [-0.25, -0.2) is 0 Å². The van der Waals surface area contributed by atoms with Gasteiger partial charge in [0, 0.05) is 38.3 Å². The number of nitrogens with zero attached hydrogens (tertiary/aromatic N) is 2. The molecule has 0 amide bonds. The number of fused-ring (bicyclic) bond motifs is 1. The minimum absolute atomic E-state index is 0. The fourth-order valence-corrected chi connectivity index (χ4v) is 5.38. The highest BCUT2D eigenvalue weighted by atomic mass is 127. The minimum Gasteiger partial charge on any atom is -0.454 e. The van der Waals surface area contributed by atoms with Crippen molar-refractivity contribution < 1.29 is 14.2 Å². The van der Waals surface area contributed by atoms with Crippen LogP contribution < -0.4 is 14.8 Å². The molecule has 6 nitrogen and oxygen atoms in total. The van der Waals surface area contributed by atoms with Crippen molar-refractivity contribution >= 4 is 29.9 Å². The molecule has 7 heteroatoms. The lowest BCUT2D eigenvalue weighted by Crippen LogP contribution is -2.44. The molecule has 30 heavy (non-hydrogen) atoms. The van der Waals surface area contributed by atoms with Crippen LogP contribution in [0, 0.1) is 5.41 Å². The third kappa shape index (κ3) is 4.11. The Morgan fingerprint density at radius 3 is 2.60 bits per heavy atom. The number of likely N-dealkylation sites (tertiary alicyclic amines) is 1. The maximum Gasteiger partial charge on any atom is 0.231 e. The van der Waals surface area contributed by atoms with Gasteiger partial charge in [-0.2, -0.15) is 0 Å². The van der Waals surface area contributed by atoms with Gasteiger partial charge in [0.05, 0.1) is 6.54 Å². The van der Waals surface area contributed by atoms with Crippen molar-refractivity contribution in [2.75, 3.05) is 46.2 Å². The molecule has 0 bridgehead atoms. The summed E-state index contributed by atoms with van der Waals surface area (Å²) >= 11 is 0. The molecule has 1 saturated carbocycles. The Morgan fingerprint density at radius 2 is 1.90 bits per heavy atom. The third-order valence-corrected chi connectivity index (χ3v) is 7.45. The molecular formula is C23H34IN3O3. The lowest BCUT2D eigenvalue weighted by molar-refractivity contribution is 0.0529. The number of nitrogens with one attached hydrogen (secondary N) is 1. The standard InChI is InChI=1S/C23H33N3O3.HI/c1-2-24-21(26-11-8-22(16-26)6-3-7-22)25-15-23(9-12-27-13-10-23)18-4-5-19-20(14-18)29-17-28-19;/h4-5,14H,2-3,6-13,15-17H2,1H3,(H,24,25);1H. The van der Waals surface area contributed by atoms with E-state index in [4.69, 9.17) is 19.2 Å². The Morgan fingerprint density at radius 1 is 1.10 bits per heavy atom. The van der Waals surface area contributed by atoms with Gasteiger partial charge in [-0.3, -0.25) is 4.99 Å². The Balaban J connectivity index is 0.00000218. The summed E-state index contributed by atoms with van der Waals surface area (Å²) in [6.07, 6.45) is 7.47. The van der Waals surface area contributed by atoms with E-state index in [1.165, 1.54) is 37.8 Å². The molecule has 1 N–H and O–H groups in total. The molecule has 166 valence electrons. The monoisotopic (exact) mass is 527 g/mol. The van der Waals surface area contributed by atoms with Crippen LogP contribution in [0.3, 0.4) is 0 Å². The average Bonchev–Trinajstić information content (AvgIpc) is 3.38. The molecule has 2 saturated heterocycles. The normalized spacial score (nSPS) is 23.8. The molecule has 3 heterocycles. The average molecular weight is 527 g/mol. The Bertz CT molecular complexity index is 775.